The van der Waals surface area contributed by atoms with Crippen molar-refractivity contribution in [3.63, 3.8) is 0 Å². The molecule has 2 amide bonds. The molecule has 37 heavy (non-hydrogen) atoms. The minimum Gasteiger partial charge on any atom is -0.459 e. The Morgan fingerprint density at radius 2 is 1.95 bits per heavy atom. The summed E-state index contributed by atoms with van der Waals surface area (Å²) in [5, 5.41) is 19.9. The van der Waals surface area contributed by atoms with Gasteiger partial charge in [0.2, 0.25) is 11.8 Å². The fourth-order valence-corrected chi connectivity index (χ4v) is 6.13. The number of furan rings is 1. The second-order valence-electron chi connectivity index (χ2n) is 10.1. The normalized spacial score (nSPS) is 26.1. The molecule has 3 aliphatic rings. The van der Waals surface area contributed by atoms with Gasteiger partial charge in [-0.05, 0) is 79.9 Å². The summed E-state index contributed by atoms with van der Waals surface area (Å²) in [4.78, 5) is 28.5. The Labute approximate surface area is 216 Å². The van der Waals surface area contributed by atoms with Crippen LogP contribution in [0.5, 0.6) is 0 Å². The molecule has 9 heteroatoms. The van der Waals surface area contributed by atoms with Gasteiger partial charge in [-0.2, -0.15) is 0 Å². The van der Waals surface area contributed by atoms with E-state index >= 15 is 0 Å². The Bertz CT molecular complexity index is 1220. The maximum absolute atomic E-state index is 13.7. The fraction of sp³-hybridized carbons (Fsp3) is 0.429. The molecular weight excluding hydrogens is 473 g/mol. The Morgan fingerprint density at radius 3 is 2.65 bits per heavy atom. The average molecular weight is 505 g/mol. The first-order chi connectivity index (χ1) is 17.9. The molecule has 0 bridgehead atoms. The Morgan fingerprint density at radius 1 is 1.16 bits per heavy atom. The van der Waals surface area contributed by atoms with Gasteiger partial charge < -0.3 is 23.9 Å². The Hall–Kier alpha value is -2.98. The van der Waals surface area contributed by atoms with Gasteiger partial charge in [-0.1, -0.05) is 23.8 Å². The molecule has 2 aromatic rings. The monoisotopic (exact) mass is 505 g/mol. The molecule has 2 fully saturated rings. The van der Waals surface area contributed by atoms with Crippen molar-refractivity contribution in [2.24, 2.45) is 17.8 Å². The number of fused-ring (bicyclic) bond motifs is 3. The van der Waals surface area contributed by atoms with Crippen molar-refractivity contribution < 1.29 is 33.5 Å². The SMILES string of the molecule is COCC1=C2[C@@H](CC/C(C)=C/c3ccc(CO)o3)OB(O)C[C@@H]2[C@@H]2C(=O)N(c3ccccc3)C(=O)[C@@H]2C1. The largest absolute Gasteiger partial charge is 0.459 e. The van der Waals surface area contributed by atoms with Gasteiger partial charge >= 0.3 is 7.12 Å². The summed E-state index contributed by atoms with van der Waals surface area (Å²) in [6.45, 7) is 2.20. The lowest BCUT2D eigenvalue weighted by Crippen LogP contribution is -2.46. The van der Waals surface area contributed by atoms with Crippen molar-refractivity contribution in [1.82, 2.24) is 0 Å². The van der Waals surface area contributed by atoms with Crippen molar-refractivity contribution in [1.29, 1.82) is 0 Å². The van der Waals surface area contributed by atoms with Gasteiger partial charge in [0.25, 0.3) is 0 Å². The molecule has 8 nitrogen and oxygen atoms in total. The van der Waals surface area contributed by atoms with E-state index in [0.29, 0.717) is 43.1 Å². The lowest BCUT2D eigenvalue weighted by molar-refractivity contribution is -0.122. The lowest BCUT2D eigenvalue weighted by atomic mass is 9.58. The van der Waals surface area contributed by atoms with Crippen LogP contribution in [0.25, 0.3) is 6.08 Å². The van der Waals surface area contributed by atoms with E-state index in [9.17, 15) is 19.7 Å². The van der Waals surface area contributed by atoms with E-state index in [1.165, 1.54) is 4.90 Å². The van der Waals surface area contributed by atoms with E-state index < -0.39 is 19.0 Å². The quantitative estimate of drug-likeness (QED) is 0.321. The second-order valence-corrected chi connectivity index (χ2v) is 10.1. The molecule has 194 valence electrons. The predicted octanol–water partition coefficient (Wildman–Crippen LogP) is 3.60. The first-order valence-electron chi connectivity index (χ1n) is 12.7. The zero-order valence-corrected chi connectivity index (χ0v) is 21.1. The van der Waals surface area contributed by atoms with Crippen LogP contribution in [-0.2, 0) is 25.6 Å². The highest BCUT2D eigenvalue weighted by Crippen LogP contribution is 2.51. The number of allylic oxidation sites excluding steroid dienone is 1. The number of para-hydroxylation sites is 1. The molecule has 1 aromatic heterocycles. The molecule has 5 rings (SSSR count). The molecule has 0 saturated carbocycles. The number of methoxy groups -OCH3 is 1. The molecule has 0 spiro atoms. The summed E-state index contributed by atoms with van der Waals surface area (Å²) in [7, 11) is 0.605. The summed E-state index contributed by atoms with van der Waals surface area (Å²) in [5.41, 5.74) is 3.62. The van der Waals surface area contributed by atoms with E-state index in [1.807, 2.05) is 37.3 Å². The molecule has 3 heterocycles. The van der Waals surface area contributed by atoms with Crippen LogP contribution in [0.4, 0.5) is 5.69 Å². The molecular formula is C28H32BNO7. The van der Waals surface area contributed by atoms with Crippen LogP contribution >= 0.6 is 0 Å². The number of aliphatic hydroxyl groups is 1. The minimum absolute atomic E-state index is 0.149. The van der Waals surface area contributed by atoms with Gasteiger partial charge in [0, 0.05) is 7.11 Å². The van der Waals surface area contributed by atoms with E-state index in [0.717, 1.165) is 16.7 Å². The zero-order valence-electron chi connectivity index (χ0n) is 21.1. The second kappa shape index (κ2) is 10.8. The average Bonchev–Trinajstić information content (AvgIpc) is 3.44. The summed E-state index contributed by atoms with van der Waals surface area (Å²) in [6, 6.07) is 12.6. The number of nitrogens with zero attached hydrogens (tertiary/aromatic N) is 1. The molecule has 4 atom stereocenters. The predicted molar refractivity (Wildman–Crippen MR) is 138 cm³/mol. The van der Waals surface area contributed by atoms with Crippen molar-refractivity contribution in [2.45, 2.75) is 45.2 Å². The first kappa shape index (κ1) is 25.7. The van der Waals surface area contributed by atoms with E-state index in [1.54, 1.807) is 25.3 Å². The molecule has 0 radical (unpaired) electrons. The van der Waals surface area contributed by atoms with Crippen LogP contribution < -0.4 is 4.90 Å². The van der Waals surface area contributed by atoms with Crippen LogP contribution in [0.2, 0.25) is 6.32 Å². The smallest absolute Gasteiger partial charge is 0.455 e. The highest BCUT2D eigenvalue weighted by molar-refractivity contribution is 6.43. The third-order valence-corrected chi connectivity index (χ3v) is 7.67. The summed E-state index contributed by atoms with van der Waals surface area (Å²) < 4.78 is 17.1. The molecule has 2 aliphatic heterocycles. The van der Waals surface area contributed by atoms with Crippen LogP contribution in [0.1, 0.15) is 37.7 Å². The highest BCUT2D eigenvalue weighted by Gasteiger charge is 2.57. The number of carbonyl (C=O) groups excluding carboxylic acids is 2. The molecule has 0 unspecified atom stereocenters. The standard InChI is InChI=1S/C28H32BNO7/c1-17(12-20-9-10-21(15-31)36-20)8-11-24-25-18(16-35-2)13-22-26(23(25)14-29(34)37-24)28(33)30(27(22)32)19-6-4-3-5-7-19/h3-7,9-10,12,22-24,26,31,34H,8,11,13-16H2,1-2H3/b17-12+/t22-,23+,24-,26-/m1/s1. The maximum Gasteiger partial charge on any atom is 0.455 e. The lowest BCUT2D eigenvalue weighted by Gasteiger charge is -2.43. The van der Waals surface area contributed by atoms with Crippen molar-refractivity contribution in [2.75, 3.05) is 18.6 Å². The third kappa shape index (κ3) is 4.96. The summed E-state index contributed by atoms with van der Waals surface area (Å²) in [5.74, 6) is -0.511. The number of aliphatic hydroxyl groups excluding tert-OH is 1. The number of hydrogen-bond acceptors (Lipinski definition) is 7. The van der Waals surface area contributed by atoms with Crippen LogP contribution in [0, 0.1) is 17.8 Å². The van der Waals surface area contributed by atoms with E-state index in [2.05, 4.69) is 0 Å². The molecule has 1 aromatic carbocycles. The van der Waals surface area contributed by atoms with Gasteiger partial charge in [-0.3, -0.25) is 14.5 Å². The van der Waals surface area contributed by atoms with Crippen LogP contribution in [0.3, 0.4) is 0 Å². The van der Waals surface area contributed by atoms with Gasteiger partial charge in [0.1, 0.15) is 18.1 Å². The number of rotatable bonds is 8. The number of anilines is 1. The molecule has 2 N–H and O–H groups in total. The van der Waals surface area contributed by atoms with Gasteiger partial charge in [-0.25, -0.2) is 0 Å². The number of ether oxygens (including phenoxy) is 1. The zero-order chi connectivity index (χ0) is 26.1. The minimum atomic E-state index is -1.02. The Balaban J connectivity index is 1.41. The van der Waals surface area contributed by atoms with Gasteiger partial charge in [0.15, 0.2) is 0 Å². The maximum atomic E-state index is 13.7. The van der Waals surface area contributed by atoms with Crippen molar-refractivity contribution >= 4 is 30.7 Å². The van der Waals surface area contributed by atoms with Crippen LogP contribution in [0.15, 0.2) is 63.6 Å². The third-order valence-electron chi connectivity index (χ3n) is 7.67. The van der Waals surface area contributed by atoms with Crippen molar-refractivity contribution in [3.8, 4) is 0 Å². The highest BCUT2D eigenvalue weighted by atomic mass is 16.5. The summed E-state index contributed by atoms with van der Waals surface area (Å²) >= 11 is 0. The number of amides is 2. The molecule has 2 saturated heterocycles. The van der Waals surface area contributed by atoms with Crippen LogP contribution in [-0.4, -0.2) is 48.9 Å². The number of hydrogen-bond donors (Lipinski definition) is 2. The number of benzene rings is 1. The number of carbonyl (C=O) groups is 2. The Kier molecular flexibility index (Phi) is 7.49. The first-order valence-corrected chi connectivity index (χ1v) is 12.7. The fourth-order valence-electron chi connectivity index (χ4n) is 6.13. The van der Waals surface area contributed by atoms with E-state index in [4.69, 9.17) is 13.8 Å². The molecule has 1 aliphatic carbocycles. The topological polar surface area (TPSA) is 109 Å². The summed E-state index contributed by atoms with van der Waals surface area (Å²) in [6.07, 6.45) is 3.54. The van der Waals surface area contributed by atoms with Crippen molar-refractivity contribution in [3.05, 3.63) is 70.7 Å². The van der Waals surface area contributed by atoms with Gasteiger partial charge in [-0.15, -0.1) is 0 Å². The van der Waals surface area contributed by atoms with Gasteiger partial charge in [0.05, 0.1) is 30.2 Å². The number of imide groups is 1. The van der Waals surface area contributed by atoms with E-state index in [-0.39, 0.29) is 36.8 Å².